The van der Waals surface area contributed by atoms with E-state index in [1.165, 1.54) is 6.08 Å². The van der Waals surface area contributed by atoms with Crippen LogP contribution in [0, 0.1) is 11.8 Å². The normalized spacial score (nSPS) is 30.0. The van der Waals surface area contributed by atoms with Crippen molar-refractivity contribution in [2.45, 2.75) is 24.4 Å². The number of hydrogen-bond acceptors (Lipinski definition) is 1. The highest BCUT2D eigenvalue weighted by atomic mass is 19.4. The van der Waals surface area contributed by atoms with Gasteiger partial charge in [0.05, 0.1) is 6.10 Å². The number of ether oxygens (including phenoxy) is 1. The molecule has 20 heavy (non-hydrogen) atoms. The molecule has 0 aromatic carbocycles. The molecule has 9 heteroatoms. The zero-order valence-electron chi connectivity index (χ0n) is 9.60. The maximum atomic E-state index is 13.2. The zero-order valence-corrected chi connectivity index (χ0v) is 9.60. The molecule has 0 saturated carbocycles. The summed E-state index contributed by atoms with van der Waals surface area (Å²) in [5.41, 5.74) is -1.25. The lowest BCUT2D eigenvalue weighted by Crippen LogP contribution is -2.41. The first-order valence-electron chi connectivity index (χ1n) is 5.47. The Balaban J connectivity index is 2.13. The van der Waals surface area contributed by atoms with Crippen molar-refractivity contribution in [1.82, 2.24) is 0 Å². The highest BCUT2D eigenvalue weighted by molar-refractivity contribution is 5.38. The topological polar surface area (TPSA) is 9.23 Å². The van der Waals surface area contributed by atoms with Crippen LogP contribution >= 0.6 is 0 Å². The van der Waals surface area contributed by atoms with E-state index in [9.17, 15) is 35.1 Å². The molecule has 2 aliphatic carbocycles. The molecule has 0 aliphatic heterocycles. The molecule has 2 bridgehead atoms. The summed E-state index contributed by atoms with van der Waals surface area (Å²) in [7, 11) is 0. The maximum absolute atomic E-state index is 13.2. The molecule has 0 radical (unpaired) electrons. The number of hydrogen-bond donors (Lipinski definition) is 0. The summed E-state index contributed by atoms with van der Waals surface area (Å²) in [5, 5.41) is 0. The van der Waals surface area contributed by atoms with Crippen molar-refractivity contribution in [2.75, 3.05) is 6.61 Å². The van der Waals surface area contributed by atoms with E-state index in [1.54, 1.807) is 0 Å². The highest BCUT2D eigenvalue weighted by Gasteiger charge is 2.64. The van der Waals surface area contributed by atoms with Crippen LogP contribution in [0.5, 0.6) is 0 Å². The number of fused-ring (bicyclic) bond motifs is 2. The molecule has 0 aromatic rings. The highest BCUT2D eigenvalue weighted by Crippen LogP contribution is 2.52. The Hall–Kier alpha value is -1.12. The first kappa shape index (κ1) is 15.3. The van der Waals surface area contributed by atoms with E-state index in [1.807, 2.05) is 0 Å². The minimum Gasteiger partial charge on any atom is -0.367 e. The number of rotatable bonds is 3. The largest absolute Gasteiger partial charge is 0.457 e. The van der Waals surface area contributed by atoms with Crippen LogP contribution in [0.1, 0.15) is 0 Å². The van der Waals surface area contributed by atoms with Gasteiger partial charge in [-0.25, -0.2) is 0 Å². The van der Waals surface area contributed by atoms with Crippen LogP contribution in [0.4, 0.5) is 35.1 Å². The third kappa shape index (κ3) is 2.55. The molecular formula is C11H8F8O. The van der Waals surface area contributed by atoms with Gasteiger partial charge in [-0.2, -0.15) is 35.1 Å². The van der Waals surface area contributed by atoms with Crippen molar-refractivity contribution in [3.63, 3.8) is 0 Å². The van der Waals surface area contributed by atoms with Gasteiger partial charge in [0, 0.05) is 17.4 Å². The van der Waals surface area contributed by atoms with Gasteiger partial charge in [-0.1, -0.05) is 18.2 Å². The van der Waals surface area contributed by atoms with Crippen LogP contribution in [0.25, 0.3) is 0 Å². The Kier molecular flexibility index (Phi) is 3.39. The van der Waals surface area contributed by atoms with Crippen molar-refractivity contribution in [1.29, 1.82) is 0 Å². The van der Waals surface area contributed by atoms with E-state index in [0.29, 0.717) is 6.08 Å². The lowest BCUT2D eigenvalue weighted by molar-refractivity contribution is -0.267. The van der Waals surface area contributed by atoms with Gasteiger partial charge < -0.3 is 4.74 Å². The van der Waals surface area contributed by atoms with E-state index in [2.05, 4.69) is 4.74 Å². The Morgan fingerprint density at radius 2 is 1.55 bits per heavy atom. The van der Waals surface area contributed by atoms with E-state index >= 15 is 0 Å². The van der Waals surface area contributed by atoms with Crippen LogP contribution in [0.15, 0.2) is 23.8 Å². The number of halogens is 8. The molecule has 3 atom stereocenters. The van der Waals surface area contributed by atoms with Crippen LogP contribution in [0.3, 0.4) is 0 Å². The summed E-state index contributed by atoms with van der Waals surface area (Å²) in [6, 6.07) is 0. The van der Waals surface area contributed by atoms with Crippen molar-refractivity contribution >= 4 is 0 Å². The van der Waals surface area contributed by atoms with Gasteiger partial charge in [-0.3, -0.25) is 0 Å². The summed E-state index contributed by atoms with van der Waals surface area (Å²) in [4.78, 5) is 0. The molecule has 0 aromatic heterocycles. The van der Waals surface area contributed by atoms with E-state index in [-0.39, 0.29) is 0 Å². The van der Waals surface area contributed by atoms with Gasteiger partial charge >= 0.3 is 18.3 Å². The quantitative estimate of drug-likeness (QED) is 0.568. The predicted molar refractivity (Wildman–Crippen MR) is 51.0 cm³/mol. The molecule has 0 saturated heterocycles. The van der Waals surface area contributed by atoms with Gasteiger partial charge in [-0.05, 0) is 0 Å². The first-order valence-corrected chi connectivity index (χ1v) is 5.47. The van der Waals surface area contributed by atoms with Gasteiger partial charge in [0.2, 0.25) is 0 Å². The minimum absolute atomic E-state index is 0.638. The second-order valence-electron chi connectivity index (χ2n) is 4.57. The molecule has 0 heterocycles. The lowest BCUT2D eigenvalue weighted by atomic mass is 9.95. The molecule has 0 N–H and O–H groups in total. The molecular weight excluding hydrogens is 300 g/mol. The molecule has 0 amide bonds. The third-order valence-corrected chi connectivity index (χ3v) is 3.16. The first-order chi connectivity index (χ1) is 8.93. The fourth-order valence-corrected chi connectivity index (χ4v) is 2.34. The van der Waals surface area contributed by atoms with Crippen LogP contribution in [-0.4, -0.2) is 31.0 Å². The van der Waals surface area contributed by atoms with Crippen molar-refractivity contribution in [2.24, 2.45) is 11.8 Å². The second kappa shape index (κ2) is 4.44. The summed E-state index contributed by atoms with van der Waals surface area (Å²) in [6.45, 7) is -1.69. The average Bonchev–Trinajstić information content (AvgIpc) is 2.80. The van der Waals surface area contributed by atoms with E-state index < -0.39 is 48.4 Å². The van der Waals surface area contributed by atoms with Gasteiger partial charge in [-0.15, -0.1) is 0 Å². The Bertz CT molecular complexity index is 444. The monoisotopic (exact) mass is 308 g/mol. The summed E-state index contributed by atoms with van der Waals surface area (Å²) < 4.78 is 104. The SMILES string of the molecule is FC(F)(F)CO[C@H]1[C@@H]2C=C[C@H]1C(C(F)(F)C(F)(F)F)=C2. The fraction of sp³-hybridized carbons (Fsp3) is 0.636. The van der Waals surface area contributed by atoms with Crippen LogP contribution in [0.2, 0.25) is 0 Å². The smallest absolute Gasteiger partial charge is 0.367 e. The Morgan fingerprint density at radius 1 is 0.950 bits per heavy atom. The Labute approximate surface area is 107 Å². The third-order valence-electron chi connectivity index (χ3n) is 3.16. The van der Waals surface area contributed by atoms with Crippen LogP contribution < -0.4 is 0 Å². The van der Waals surface area contributed by atoms with Crippen molar-refractivity contribution < 1.29 is 39.9 Å². The summed E-state index contributed by atoms with van der Waals surface area (Å²) >= 11 is 0. The predicted octanol–water partition coefficient (Wildman–Crippen LogP) is 3.87. The molecule has 0 unspecified atom stereocenters. The summed E-state index contributed by atoms with van der Waals surface area (Å²) in [5.74, 6) is -7.55. The van der Waals surface area contributed by atoms with Crippen molar-refractivity contribution in [3.05, 3.63) is 23.8 Å². The molecule has 114 valence electrons. The minimum atomic E-state index is -5.79. The molecule has 0 spiro atoms. The molecule has 1 nitrogen and oxygen atoms in total. The van der Waals surface area contributed by atoms with Crippen molar-refractivity contribution in [3.8, 4) is 0 Å². The summed E-state index contributed by atoms with van der Waals surface area (Å²) in [6.07, 6.45) is -8.89. The lowest BCUT2D eigenvalue weighted by Gasteiger charge is -2.26. The zero-order chi connectivity index (χ0) is 15.3. The molecule has 2 rings (SSSR count). The maximum Gasteiger partial charge on any atom is 0.457 e. The average molecular weight is 308 g/mol. The number of alkyl halides is 8. The fourth-order valence-electron chi connectivity index (χ4n) is 2.34. The van der Waals surface area contributed by atoms with Crippen LogP contribution in [-0.2, 0) is 4.74 Å². The van der Waals surface area contributed by atoms with Gasteiger partial charge in [0.1, 0.15) is 6.61 Å². The van der Waals surface area contributed by atoms with Gasteiger partial charge in [0.25, 0.3) is 0 Å². The standard InChI is InChI=1S/C11H8F8O/c12-9(13,14)4-20-8-5-1-2-6(8)7(3-5)10(15,16)11(17,18)19/h1-3,5-6,8H,4H2/t5-,6+,8+/m1/s1. The van der Waals surface area contributed by atoms with E-state index in [4.69, 9.17) is 0 Å². The Morgan fingerprint density at radius 3 is 2.05 bits per heavy atom. The second-order valence-corrected chi connectivity index (χ2v) is 4.57. The van der Waals surface area contributed by atoms with Gasteiger partial charge in [0.15, 0.2) is 0 Å². The molecule has 2 aliphatic rings. The molecule has 0 fully saturated rings. The van der Waals surface area contributed by atoms with E-state index in [0.717, 1.165) is 6.08 Å².